The number of anilines is 1. The van der Waals surface area contributed by atoms with Gasteiger partial charge in [-0.3, -0.25) is 0 Å². The lowest BCUT2D eigenvalue weighted by Gasteiger charge is -2.20. The standard InChI is InChI=1S/C25H30N2O3S/c1-3-26(4-2)23-15-12-21(13-16-23)11-14-22-17-19-27(18-7-8-20-31(28,29)30)25-10-6-5-9-24(22)25/h5-6,9-17,19H,3-4,7-8,18,20H2,1-2H3. The minimum Gasteiger partial charge on any atom is -0.748 e. The van der Waals surface area contributed by atoms with Gasteiger partial charge >= 0.3 is 0 Å². The molecule has 0 saturated carbocycles. The second kappa shape index (κ2) is 10.6. The Morgan fingerprint density at radius 1 is 0.935 bits per heavy atom. The van der Waals surface area contributed by atoms with Crippen LogP contribution in [-0.4, -0.2) is 31.8 Å². The van der Waals surface area contributed by atoms with Gasteiger partial charge in [-0.05, 0) is 49.6 Å². The molecular formula is C25H30N2O3S. The van der Waals surface area contributed by atoms with Gasteiger partial charge in [0.1, 0.15) is 6.54 Å². The topological polar surface area (TPSA) is 64.3 Å². The average molecular weight is 439 g/mol. The van der Waals surface area contributed by atoms with Crippen LogP contribution in [0.2, 0.25) is 0 Å². The number of fused-ring (bicyclic) bond motifs is 1. The maximum Gasteiger partial charge on any atom is 0.213 e. The van der Waals surface area contributed by atoms with Crippen molar-refractivity contribution in [2.24, 2.45) is 0 Å². The summed E-state index contributed by atoms with van der Waals surface area (Å²) < 4.78 is 34.5. The Labute approximate surface area is 185 Å². The van der Waals surface area contributed by atoms with Gasteiger partial charge in [-0.1, -0.05) is 36.4 Å². The Hall–Kier alpha value is -2.70. The first-order valence-corrected chi connectivity index (χ1v) is 12.4. The number of pyridine rings is 1. The van der Waals surface area contributed by atoms with E-state index in [2.05, 4.69) is 77.9 Å². The number of hydrogen-bond acceptors (Lipinski definition) is 4. The van der Waals surface area contributed by atoms with Gasteiger partial charge in [-0.2, -0.15) is 4.57 Å². The van der Waals surface area contributed by atoms with Crippen molar-refractivity contribution < 1.29 is 17.5 Å². The highest BCUT2D eigenvalue weighted by molar-refractivity contribution is 7.85. The van der Waals surface area contributed by atoms with E-state index < -0.39 is 10.1 Å². The summed E-state index contributed by atoms with van der Waals surface area (Å²) in [5, 5.41) is 1.14. The van der Waals surface area contributed by atoms with Crippen LogP contribution in [-0.2, 0) is 16.7 Å². The van der Waals surface area contributed by atoms with E-state index in [1.165, 1.54) is 5.69 Å². The van der Waals surface area contributed by atoms with E-state index in [4.69, 9.17) is 0 Å². The number of benzene rings is 2. The molecule has 3 aromatic rings. The van der Waals surface area contributed by atoms with E-state index >= 15 is 0 Å². The van der Waals surface area contributed by atoms with Crippen LogP contribution < -0.4 is 9.47 Å². The normalized spacial score (nSPS) is 12.0. The smallest absolute Gasteiger partial charge is 0.213 e. The van der Waals surface area contributed by atoms with Crippen LogP contribution in [0.1, 0.15) is 37.8 Å². The summed E-state index contributed by atoms with van der Waals surface area (Å²) in [5.41, 5.74) is 4.60. The summed E-state index contributed by atoms with van der Waals surface area (Å²) in [6.07, 6.45) is 7.29. The molecule has 0 bridgehead atoms. The van der Waals surface area contributed by atoms with E-state index in [0.717, 1.165) is 35.1 Å². The summed E-state index contributed by atoms with van der Waals surface area (Å²) in [4.78, 5) is 2.32. The number of aromatic nitrogens is 1. The molecule has 164 valence electrons. The minimum atomic E-state index is -4.14. The van der Waals surface area contributed by atoms with Crippen molar-refractivity contribution in [1.82, 2.24) is 0 Å². The third-order valence-electron chi connectivity index (χ3n) is 5.48. The van der Waals surface area contributed by atoms with Gasteiger partial charge in [0.15, 0.2) is 6.20 Å². The molecule has 0 atom stereocenters. The minimum absolute atomic E-state index is 0.306. The third-order valence-corrected chi connectivity index (χ3v) is 6.27. The molecule has 1 heterocycles. The average Bonchev–Trinajstić information content (AvgIpc) is 2.77. The predicted octanol–water partition coefficient (Wildman–Crippen LogP) is 4.47. The van der Waals surface area contributed by atoms with Gasteiger partial charge in [0, 0.05) is 43.1 Å². The first-order chi connectivity index (χ1) is 14.9. The van der Waals surface area contributed by atoms with Gasteiger partial charge in [0.25, 0.3) is 0 Å². The zero-order valence-electron chi connectivity index (χ0n) is 18.2. The fourth-order valence-corrected chi connectivity index (χ4v) is 4.34. The van der Waals surface area contributed by atoms with Crippen molar-refractivity contribution in [3.63, 3.8) is 0 Å². The molecule has 0 spiro atoms. The number of aryl methyl sites for hydroxylation is 1. The maximum atomic E-state index is 10.8. The van der Waals surface area contributed by atoms with Gasteiger partial charge in [0.2, 0.25) is 5.52 Å². The highest BCUT2D eigenvalue weighted by atomic mass is 32.2. The molecule has 0 aliphatic heterocycles. The molecule has 0 saturated heterocycles. The summed E-state index contributed by atoms with van der Waals surface area (Å²) in [6.45, 7) is 6.99. The van der Waals surface area contributed by atoms with Crippen molar-refractivity contribution in [3.8, 4) is 0 Å². The zero-order chi connectivity index (χ0) is 22.3. The van der Waals surface area contributed by atoms with Crippen LogP contribution in [0, 0.1) is 0 Å². The van der Waals surface area contributed by atoms with Crippen molar-refractivity contribution >= 4 is 38.9 Å². The van der Waals surface area contributed by atoms with Crippen molar-refractivity contribution in [1.29, 1.82) is 0 Å². The lowest BCUT2D eigenvalue weighted by atomic mass is 10.1. The molecule has 6 heteroatoms. The van der Waals surface area contributed by atoms with Crippen LogP contribution in [0.5, 0.6) is 0 Å². The number of nitrogens with zero attached hydrogens (tertiary/aromatic N) is 2. The Morgan fingerprint density at radius 3 is 2.32 bits per heavy atom. The summed E-state index contributed by atoms with van der Waals surface area (Å²) in [5.74, 6) is -0.306. The lowest BCUT2D eigenvalue weighted by Crippen LogP contribution is -2.34. The van der Waals surface area contributed by atoms with E-state index in [1.807, 2.05) is 18.3 Å². The number of hydrogen-bond donors (Lipinski definition) is 0. The first-order valence-electron chi connectivity index (χ1n) is 10.8. The number of rotatable bonds is 10. The van der Waals surface area contributed by atoms with Crippen LogP contribution in [0.4, 0.5) is 5.69 Å². The molecular weight excluding hydrogens is 408 g/mol. The zero-order valence-corrected chi connectivity index (χ0v) is 19.0. The van der Waals surface area contributed by atoms with Crippen molar-refractivity contribution in [3.05, 3.63) is 71.9 Å². The molecule has 1 aromatic heterocycles. The second-order valence-electron chi connectivity index (χ2n) is 7.55. The van der Waals surface area contributed by atoms with E-state index in [-0.39, 0.29) is 5.75 Å². The van der Waals surface area contributed by atoms with Gasteiger partial charge in [-0.25, -0.2) is 8.42 Å². The molecule has 31 heavy (non-hydrogen) atoms. The molecule has 2 aromatic carbocycles. The van der Waals surface area contributed by atoms with Crippen LogP contribution in [0.15, 0.2) is 60.8 Å². The van der Waals surface area contributed by atoms with Crippen molar-refractivity contribution in [2.45, 2.75) is 33.2 Å². The van der Waals surface area contributed by atoms with Crippen LogP contribution in [0.3, 0.4) is 0 Å². The molecule has 5 nitrogen and oxygen atoms in total. The van der Waals surface area contributed by atoms with E-state index in [0.29, 0.717) is 19.4 Å². The fraction of sp³-hybridized carbons (Fsp3) is 0.320. The first kappa shape index (κ1) is 23.0. The molecule has 0 amide bonds. The highest BCUT2D eigenvalue weighted by Crippen LogP contribution is 2.20. The van der Waals surface area contributed by atoms with Gasteiger partial charge < -0.3 is 9.45 Å². The number of unbranched alkanes of at least 4 members (excludes halogenated alkanes) is 1. The number of para-hydroxylation sites is 1. The molecule has 3 rings (SSSR count). The molecule has 0 aliphatic carbocycles. The molecule has 0 aliphatic rings. The monoisotopic (exact) mass is 438 g/mol. The SMILES string of the molecule is CCN(CC)c1ccc(/C=C/c2cc[n+](CCCCS(=O)(=O)[O-])c3ccccc23)cc1. The van der Waals surface area contributed by atoms with E-state index in [9.17, 15) is 13.0 Å². The fourth-order valence-electron chi connectivity index (χ4n) is 3.78. The van der Waals surface area contributed by atoms with Gasteiger partial charge in [0.05, 0.1) is 15.5 Å². The van der Waals surface area contributed by atoms with E-state index in [1.54, 1.807) is 0 Å². The largest absolute Gasteiger partial charge is 0.748 e. The summed E-state index contributed by atoms with van der Waals surface area (Å²) in [6, 6.07) is 18.9. The Kier molecular flexibility index (Phi) is 7.82. The Bertz CT molecular complexity index is 1140. The molecule has 0 unspecified atom stereocenters. The molecule has 0 N–H and O–H groups in total. The lowest BCUT2D eigenvalue weighted by molar-refractivity contribution is -0.671. The second-order valence-corrected chi connectivity index (χ2v) is 9.07. The molecule has 0 radical (unpaired) electrons. The summed E-state index contributed by atoms with van der Waals surface area (Å²) in [7, 11) is -4.14. The Balaban J connectivity index is 1.77. The van der Waals surface area contributed by atoms with Gasteiger partial charge in [-0.15, -0.1) is 0 Å². The quantitative estimate of drug-likeness (QED) is 0.266. The van der Waals surface area contributed by atoms with Crippen molar-refractivity contribution in [2.75, 3.05) is 23.7 Å². The Morgan fingerprint density at radius 2 is 1.65 bits per heavy atom. The molecule has 0 fully saturated rings. The maximum absolute atomic E-state index is 10.8. The third kappa shape index (κ3) is 6.39. The highest BCUT2D eigenvalue weighted by Gasteiger charge is 2.11. The van der Waals surface area contributed by atoms with Crippen LogP contribution in [0.25, 0.3) is 23.1 Å². The summed E-state index contributed by atoms with van der Waals surface area (Å²) >= 11 is 0. The van der Waals surface area contributed by atoms with Crippen LogP contribution >= 0.6 is 0 Å². The predicted molar refractivity (Wildman–Crippen MR) is 127 cm³/mol.